The summed E-state index contributed by atoms with van der Waals surface area (Å²) in [7, 11) is 1.62. The molecule has 0 atom stereocenters. The zero-order chi connectivity index (χ0) is 15.2. The van der Waals surface area contributed by atoms with Crippen LogP contribution in [0.4, 0.5) is 0 Å². The molecule has 0 saturated carbocycles. The number of rotatable bonds is 6. The molecule has 0 radical (unpaired) electrons. The molecule has 0 aliphatic rings. The van der Waals surface area contributed by atoms with Crippen LogP contribution in [-0.4, -0.2) is 26.1 Å². The Morgan fingerprint density at radius 1 is 1.00 bits per heavy atom. The van der Waals surface area contributed by atoms with E-state index >= 15 is 0 Å². The molecule has 0 saturated heterocycles. The summed E-state index contributed by atoms with van der Waals surface area (Å²) in [6.45, 7) is 4.85. The molecule has 0 spiro atoms. The van der Waals surface area contributed by atoms with E-state index in [9.17, 15) is 4.79 Å². The maximum absolute atomic E-state index is 12.8. The van der Waals surface area contributed by atoms with E-state index in [1.165, 1.54) is 0 Å². The van der Waals surface area contributed by atoms with Gasteiger partial charge in [-0.25, -0.2) is 0 Å². The van der Waals surface area contributed by atoms with E-state index in [0.29, 0.717) is 24.5 Å². The lowest BCUT2D eigenvalue weighted by atomic mass is 9.97. The summed E-state index contributed by atoms with van der Waals surface area (Å²) in [5, 5.41) is 0. The number of hydrogen-bond donors (Lipinski definition) is 0. The molecule has 0 aliphatic carbocycles. The molecule has 0 amide bonds. The Hall–Kier alpha value is -2.13. The van der Waals surface area contributed by atoms with Crippen LogP contribution in [0.25, 0.3) is 0 Å². The van der Waals surface area contributed by atoms with Gasteiger partial charge in [-0.3, -0.25) is 4.79 Å². The second-order valence-corrected chi connectivity index (χ2v) is 4.98. The fourth-order valence-electron chi connectivity index (χ4n) is 2.14. The normalized spacial score (nSPS) is 10.4. The zero-order valence-electron chi connectivity index (χ0n) is 12.7. The largest absolute Gasteiger partial charge is 0.490 e. The van der Waals surface area contributed by atoms with E-state index < -0.39 is 0 Å². The minimum absolute atomic E-state index is 0.00998. The molecular formula is C18H20O3. The average Bonchev–Trinajstić information content (AvgIpc) is 2.50. The lowest BCUT2D eigenvalue weighted by Gasteiger charge is -2.12. The van der Waals surface area contributed by atoms with Gasteiger partial charge in [0.25, 0.3) is 0 Å². The van der Waals surface area contributed by atoms with Gasteiger partial charge < -0.3 is 9.47 Å². The van der Waals surface area contributed by atoms with Crippen molar-refractivity contribution in [1.29, 1.82) is 0 Å². The van der Waals surface area contributed by atoms with Gasteiger partial charge in [-0.15, -0.1) is 0 Å². The van der Waals surface area contributed by atoms with Crippen molar-refractivity contribution in [2.75, 3.05) is 20.3 Å². The van der Waals surface area contributed by atoms with Gasteiger partial charge in [0.05, 0.1) is 12.2 Å². The summed E-state index contributed by atoms with van der Waals surface area (Å²) in [4.78, 5) is 12.8. The first-order valence-corrected chi connectivity index (χ1v) is 6.96. The minimum atomic E-state index is -0.00998. The topological polar surface area (TPSA) is 35.5 Å². The third-order valence-corrected chi connectivity index (χ3v) is 3.31. The molecule has 21 heavy (non-hydrogen) atoms. The molecule has 2 rings (SSSR count). The van der Waals surface area contributed by atoms with Gasteiger partial charge in [-0.05, 0) is 37.6 Å². The fraction of sp³-hybridized carbons (Fsp3) is 0.278. The molecule has 3 nitrogen and oxygen atoms in total. The van der Waals surface area contributed by atoms with Crippen molar-refractivity contribution in [2.45, 2.75) is 13.8 Å². The van der Waals surface area contributed by atoms with Gasteiger partial charge >= 0.3 is 0 Å². The van der Waals surface area contributed by atoms with Crippen LogP contribution in [0.5, 0.6) is 5.75 Å². The molecule has 2 aromatic rings. The van der Waals surface area contributed by atoms with Crippen LogP contribution in [0.1, 0.15) is 27.0 Å². The summed E-state index contributed by atoms with van der Waals surface area (Å²) in [5.41, 5.74) is 3.35. The number of aryl methyl sites for hydroxylation is 2. The third kappa shape index (κ3) is 3.70. The molecule has 0 aromatic heterocycles. The maximum atomic E-state index is 12.8. The van der Waals surface area contributed by atoms with Crippen LogP contribution >= 0.6 is 0 Å². The first-order chi connectivity index (χ1) is 10.1. The van der Waals surface area contributed by atoms with E-state index in [1.54, 1.807) is 13.2 Å². The maximum Gasteiger partial charge on any atom is 0.197 e. The van der Waals surface area contributed by atoms with E-state index in [0.717, 1.165) is 16.7 Å². The quantitative estimate of drug-likeness (QED) is 0.601. The van der Waals surface area contributed by atoms with Gasteiger partial charge in [-0.2, -0.15) is 0 Å². The van der Waals surface area contributed by atoms with Gasteiger partial charge in [0.15, 0.2) is 5.78 Å². The fourth-order valence-corrected chi connectivity index (χ4v) is 2.14. The predicted octanol–water partition coefficient (Wildman–Crippen LogP) is 3.56. The Morgan fingerprint density at radius 2 is 1.76 bits per heavy atom. The molecule has 0 unspecified atom stereocenters. The first kappa shape index (κ1) is 15.3. The molecular weight excluding hydrogens is 264 g/mol. The van der Waals surface area contributed by atoms with Crippen molar-refractivity contribution in [1.82, 2.24) is 0 Å². The first-order valence-electron chi connectivity index (χ1n) is 6.96. The van der Waals surface area contributed by atoms with Crippen molar-refractivity contribution < 1.29 is 14.3 Å². The average molecular weight is 284 g/mol. The Morgan fingerprint density at radius 3 is 2.52 bits per heavy atom. The van der Waals surface area contributed by atoms with Gasteiger partial charge in [0.1, 0.15) is 12.4 Å². The Balaban J connectivity index is 2.32. The van der Waals surface area contributed by atoms with Gasteiger partial charge in [0.2, 0.25) is 0 Å². The van der Waals surface area contributed by atoms with Crippen LogP contribution in [0.2, 0.25) is 0 Å². The SMILES string of the molecule is COCCOc1ccccc1C(=O)c1cc(C)ccc1C. The number of carbonyl (C=O) groups excluding carboxylic acids is 1. The van der Waals surface area contributed by atoms with Crippen LogP contribution in [0.3, 0.4) is 0 Å². The second kappa shape index (κ2) is 7.04. The second-order valence-electron chi connectivity index (χ2n) is 4.98. The van der Waals surface area contributed by atoms with E-state index in [2.05, 4.69) is 0 Å². The number of ketones is 1. The third-order valence-electron chi connectivity index (χ3n) is 3.31. The van der Waals surface area contributed by atoms with E-state index in [4.69, 9.17) is 9.47 Å². The van der Waals surface area contributed by atoms with Crippen molar-refractivity contribution in [3.63, 3.8) is 0 Å². The van der Waals surface area contributed by atoms with Crippen molar-refractivity contribution >= 4 is 5.78 Å². The number of methoxy groups -OCH3 is 1. The summed E-state index contributed by atoms with van der Waals surface area (Å²) < 4.78 is 10.6. The summed E-state index contributed by atoms with van der Waals surface area (Å²) in [5.74, 6) is 0.588. The molecule has 2 aromatic carbocycles. The van der Waals surface area contributed by atoms with Crippen molar-refractivity contribution in [2.24, 2.45) is 0 Å². The number of benzene rings is 2. The summed E-state index contributed by atoms with van der Waals surface area (Å²) >= 11 is 0. The number of carbonyl (C=O) groups is 1. The predicted molar refractivity (Wildman–Crippen MR) is 83.2 cm³/mol. The van der Waals surface area contributed by atoms with Crippen molar-refractivity contribution in [3.8, 4) is 5.75 Å². The lowest BCUT2D eigenvalue weighted by Crippen LogP contribution is -2.10. The Bertz CT molecular complexity index is 632. The number of para-hydroxylation sites is 1. The standard InChI is InChI=1S/C18H20O3/c1-13-8-9-14(2)16(12-13)18(19)15-6-4-5-7-17(15)21-11-10-20-3/h4-9,12H,10-11H2,1-3H3. The number of hydrogen-bond acceptors (Lipinski definition) is 3. The monoisotopic (exact) mass is 284 g/mol. The van der Waals surface area contributed by atoms with Gasteiger partial charge in [0, 0.05) is 12.7 Å². The zero-order valence-corrected chi connectivity index (χ0v) is 12.7. The highest BCUT2D eigenvalue weighted by atomic mass is 16.5. The van der Waals surface area contributed by atoms with Crippen LogP contribution in [0.15, 0.2) is 42.5 Å². The van der Waals surface area contributed by atoms with E-state index in [1.807, 2.05) is 50.2 Å². The minimum Gasteiger partial charge on any atom is -0.490 e. The molecule has 0 fully saturated rings. The summed E-state index contributed by atoms with van der Waals surface area (Å²) in [6.07, 6.45) is 0. The van der Waals surface area contributed by atoms with E-state index in [-0.39, 0.29) is 5.78 Å². The molecule has 110 valence electrons. The molecule has 0 bridgehead atoms. The molecule has 3 heteroatoms. The highest BCUT2D eigenvalue weighted by Gasteiger charge is 2.16. The summed E-state index contributed by atoms with van der Waals surface area (Å²) in [6, 6.07) is 13.2. The molecule has 0 heterocycles. The van der Waals surface area contributed by atoms with Crippen LogP contribution in [-0.2, 0) is 4.74 Å². The molecule has 0 N–H and O–H groups in total. The van der Waals surface area contributed by atoms with Crippen LogP contribution < -0.4 is 4.74 Å². The highest BCUT2D eigenvalue weighted by Crippen LogP contribution is 2.23. The Kier molecular flexibility index (Phi) is 5.12. The van der Waals surface area contributed by atoms with Crippen molar-refractivity contribution in [3.05, 3.63) is 64.7 Å². The van der Waals surface area contributed by atoms with Crippen LogP contribution in [0, 0.1) is 13.8 Å². The lowest BCUT2D eigenvalue weighted by molar-refractivity contribution is 0.103. The number of ether oxygens (including phenoxy) is 2. The molecule has 0 aliphatic heterocycles. The Labute approximate surface area is 125 Å². The van der Waals surface area contributed by atoms with Gasteiger partial charge in [-0.1, -0.05) is 29.8 Å². The highest BCUT2D eigenvalue weighted by molar-refractivity contribution is 6.11. The smallest absolute Gasteiger partial charge is 0.197 e.